The van der Waals surface area contributed by atoms with Crippen molar-refractivity contribution in [3.8, 4) is 0 Å². The van der Waals surface area contributed by atoms with E-state index in [2.05, 4.69) is 11.8 Å². The summed E-state index contributed by atoms with van der Waals surface area (Å²) in [6.07, 6.45) is 2.29. The Bertz CT molecular complexity index is 425. The summed E-state index contributed by atoms with van der Waals surface area (Å²) in [4.78, 5) is 13.6. The van der Waals surface area contributed by atoms with Gasteiger partial charge in [-0.05, 0) is 37.0 Å². The Hall–Kier alpha value is -1.22. The molecule has 4 heteroatoms. The molecule has 1 heterocycles. The zero-order valence-corrected chi connectivity index (χ0v) is 10.7. The van der Waals surface area contributed by atoms with Gasteiger partial charge in [0.15, 0.2) is 0 Å². The fraction of sp³-hybridized carbons (Fsp3) is 0.462. The van der Waals surface area contributed by atoms with Gasteiger partial charge in [0.25, 0.3) is 5.91 Å². The second-order valence-electron chi connectivity index (χ2n) is 4.70. The average Bonchev–Trinajstić information content (AvgIpc) is 2.29. The summed E-state index contributed by atoms with van der Waals surface area (Å²) in [5.74, 6) is 0.359. The first kappa shape index (κ1) is 12.2. The summed E-state index contributed by atoms with van der Waals surface area (Å²) < 4.78 is 0. The van der Waals surface area contributed by atoms with Gasteiger partial charge < -0.3 is 10.6 Å². The van der Waals surface area contributed by atoms with Crippen LogP contribution in [0.15, 0.2) is 18.2 Å². The maximum Gasteiger partial charge on any atom is 0.250 e. The number of halogens is 1. The predicted octanol–water partition coefficient (Wildman–Crippen LogP) is 2.68. The lowest BCUT2D eigenvalue weighted by Crippen LogP contribution is -2.34. The number of amides is 1. The van der Waals surface area contributed by atoms with Gasteiger partial charge in [0.2, 0.25) is 0 Å². The highest BCUT2D eigenvalue weighted by Crippen LogP contribution is 2.28. The van der Waals surface area contributed by atoms with Gasteiger partial charge in [-0.2, -0.15) is 0 Å². The number of piperidine rings is 1. The quantitative estimate of drug-likeness (QED) is 0.880. The van der Waals surface area contributed by atoms with E-state index in [0.717, 1.165) is 37.5 Å². The molecule has 17 heavy (non-hydrogen) atoms. The second kappa shape index (κ2) is 4.96. The zero-order chi connectivity index (χ0) is 12.4. The van der Waals surface area contributed by atoms with E-state index in [-0.39, 0.29) is 0 Å². The largest absolute Gasteiger partial charge is 0.371 e. The van der Waals surface area contributed by atoms with Crippen LogP contribution in [0.4, 0.5) is 5.69 Å². The zero-order valence-electron chi connectivity index (χ0n) is 9.95. The van der Waals surface area contributed by atoms with E-state index in [0.29, 0.717) is 10.6 Å². The molecule has 0 bridgehead atoms. The number of hydrogen-bond acceptors (Lipinski definition) is 2. The molecule has 1 aliphatic heterocycles. The monoisotopic (exact) mass is 252 g/mol. The molecule has 1 fully saturated rings. The van der Waals surface area contributed by atoms with Gasteiger partial charge in [0, 0.05) is 18.1 Å². The Morgan fingerprint density at radius 2 is 2.06 bits per heavy atom. The second-order valence-corrected chi connectivity index (χ2v) is 5.13. The van der Waals surface area contributed by atoms with Crippen LogP contribution in [0.25, 0.3) is 0 Å². The van der Waals surface area contributed by atoms with E-state index in [1.807, 2.05) is 6.07 Å². The smallest absolute Gasteiger partial charge is 0.250 e. The first-order valence-electron chi connectivity index (χ1n) is 5.92. The molecule has 1 aromatic rings. The Morgan fingerprint density at radius 1 is 1.41 bits per heavy atom. The van der Waals surface area contributed by atoms with Gasteiger partial charge in [-0.1, -0.05) is 18.5 Å². The lowest BCUT2D eigenvalue weighted by Gasteiger charge is -2.33. The molecule has 0 saturated carbocycles. The molecule has 1 saturated heterocycles. The minimum absolute atomic E-state index is 0.393. The highest BCUT2D eigenvalue weighted by atomic mass is 35.5. The number of nitrogens with zero attached hydrogens (tertiary/aromatic N) is 1. The summed E-state index contributed by atoms with van der Waals surface area (Å²) >= 11 is 5.99. The fourth-order valence-electron chi connectivity index (χ4n) is 2.22. The van der Waals surface area contributed by atoms with Crippen LogP contribution in [-0.4, -0.2) is 19.0 Å². The first-order chi connectivity index (χ1) is 8.08. The number of primary amides is 1. The number of hydrogen-bond donors (Lipinski definition) is 1. The molecule has 2 N–H and O–H groups in total. The molecule has 1 amide bonds. The molecule has 0 radical (unpaired) electrons. The number of carbonyl (C=O) groups excluding carboxylic acids is 1. The van der Waals surface area contributed by atoms with E-state index >= 15 is 0 Å². The van der Waals surface area contributed by atoms with E-state index in [9.17, 15) is 4.79 Å². The number of nitrogens with two attached hydrogens (primary N) is 1. The average molecular weight is 253 g/mol. The maximum atomic E-state index is 11.4. The van der Waals surface area contributed by atoms with Crippen molar-refractivity contribution in [2.75, 3.05) is 18.0 Å². The first-order valence-corrected chi connectivity index (χ1v) is 6.30. The molecule has 2 rings (SSSR count). The number of anilines is 1. The number of benzene rings is 1. The Balaban J connectivity index is 2.30. The van der Waals surface area contributed by atoms with Gasteiger partial charge in [-0.25, -0.2) is 0 Å². The van der Waals surface area contributed by atoms with Gasteiger partial charge in [-0.3, -0.25) is 4.79 Å². The normalized spacial score (nSPS) is 17.2. The van der Waals surface area contributed by atoms with Crippen LogP contribution in [0.1, 0.15) is 30.1 Å². The molecule has 3 nitrogen and oxygen atoms in total. The highest BCUT2D eigenvalue weighted by Gasteiger charge is 2.20. The highest BCUT2D eigenvalue weighted by molar-refractivity contribution is 6.31. The summed E-state index contributed by atoms with van der Waals surface area (Å²) in [5, 5.41) is 0.642. The Labute approximate surface area is 107 Å². The molecule has 92 valence electrons. The van der Waals surface area contributed by atoms with E-state index in [4.69, 9.17) is 17.3 Å². The van der Waals surface area contributed by atoms with Crippen LogP contribution in [0.3, 0.4) is 0 Å². The SMILES string of the molecule is CC1CCN(c2cc(Cl)ccc2C(N)=O)CC1. The number of carbonyl (C=O) groups is 1. The summed E-state index contributed by atoms with van der Waals surface area (Å²) in [6.45, 7) is 4.17. The van der Waals surface area contributed by atoms with Crippen molar-refractivity contribution < 1.29 is 4.79 Å². The van der Waals surface area contributed by atoms with Crippen molar-refractivity contribution in [3.05, 3.63) is 28.8 Å². The topological polar surface area (TPSA) is 46.3 Å². The Morgan fingerprint density at radius 3 is 2.65 bits per heavy atom. The summed E-state index contributed by atoms with van der Waals surface area (Å²) in [6, 6.07) is 5.24. The summed E-state index contributed by atoms with van der Waals surface area (Å²) in [7, 11) is 0. The third-order valence-electron chi connectivity index (χ3n) is 3.35. The summed E-state index contributed by atoms with van der Waals surface area (Å²) in [5.41, 5.74) is 6.82. The van der Waals surface area contributed by atoms with E-state index in [1.165, 1.54) is 0 Å². The van der Waals surface area contributed by atoms with Crippen LogP contribution in [0, 0.1) is 5.92 Å². The molecule has 1 aliphatic rings. The molecule has 0 aliphatic carbocycles. The van der Waals surface area contributed by atoms with Gasteiger partial charge in [0.1, 0.15) is 0 Å². The standard InChI is InChI=1S/C13H17ClN2O/c1-9-4-6-16(7-5-9)12-8-10(14)2-3-11(12)13(15)17/h2-3,8-9H,4-7H2,1H3,(H2,15,17). The van der Waals surface area contributed by atoms with Crippen molar-refractivity contribution in [2.24, 2.45) is 11.7 Å². The van der Waals surface area contributed by atoms with Crippen LogP contribution in [0.2, 0.25) is 5.02 Å². The van der Waals surface area contributed by atoms with Crippen molar-refractivity contribution in [1.82, 2.24) is 0 Å². The molecule has 0 aromatic heterocycles. The molecule has 0 unspecified atom stereocenters. The van der Waals surface area contributed by atoms with Gasteiger partial charge in [0.05, 0.1) is 11.3 Å². The van der Waals surface area contributed by atoms with Crippen molar-refractivity contribution >= 4 is 23.2 Å². The van der Waals surface area contributed by atoms with Crippen LogP contribution < -0.4 is 10.6 Å². The lowest BCUT2D eigenvalue weighted by atomic mass is 9.98. The predicted molar refractivity (Wildman–Crippen MR) is 70.6 cm³/mol. The molecular formula is C13H17ClN2O. The van der Waals surface area contributed by atoms with Gasteiger partial charge >= 0.3 is 0 Å². The minimum Gasteiger partial charge on any atom is -0.371 e. The van der Waals surface area contributed by atoms with Crippen molar-refractivity contribution in [1.29, 1.82) is 0 Å². The van der Waals surface area contributed by atoms with Crippen LogP contribution >= 0.6 is 11.6 Å². The van der Waals surface area contributed by atoms with E-state index in [1.54, 1.807) is 12.1 Å². The van der Waals surface area contributed by atoms with Crippen LogP contribution in [0.5, 0.6) is 0 Å². The third kappa shape index (κ3) is 2.72. The Kier molecular flexibility index (Phi) is 3.57. The van der Waals surface area contributed by atoms with Crippen molar-refractivity contribution in [2.45, 2.75) is 19.8 Å². The molecule has 0 spiro atoms. The van der Waals surface area contributed by atoms with Crippen molar-refractivity contribution in [3.63, 3.8) is 0 Å². The van der Waals surface area contributed by atoms with Gasteiger partial charge in [-0.15, -0.1) is 0 Å². The van der Waals surface area contributed by atoms with Crippen LogP contribution in [-0.2, 0) is 0 Å². The number of rotatable bonds is 2. The third-order valence-corrected chi connectivity index (χ3v) is 3.58. The molecular weight excluding hydrogens is 236 g/mol. The molecule has 0 atom stereocenters. The lowest BCUT2D eigenvalue weighted by molar-refractivity contribution is 0.100. The molecule has 1 aromatic carbocycles. The van der Waals surface area contributed by atoms with E-state index < -0.39 is 5.91 Å². The maximum absolute atomic E-state index is 11.4. The minimum atomic E-state index is -0.393. The fourth-order valence-corrected chi connectivity index (χ4v) is 2.39.